The molecule has 0 saturated heterocycles. The third-order valence-corrected chi connectivity index (χ3v) is 3.12. The molecule has 0 bridgehead atoms. The van der Waals surface area contributed by atoms with Crippen LogP contribution in [0.1, 0.15) is 45.7 Å². The number of nitrogens with one attached hydrogen (secondary N) is 1. The summed E-state index contributed by atoms with van der Waals surface area (Å²) >= 11 is 0. The maximum atomic E-state index is 5.88. The van der Waals surface area contributed by atoms with E-state index >= 15 is 0 Å². The molecular formula is C15H23N5O. The number of rotatable bonds is 7. The monoisotopic (exact) mass is 289 g/mol. The summed E-state index contributed by atoms with van der Waals surface area (Å²) in [6.45, 7) is 9.23. The standard InChI is InChI=1S/C15H23N5O/c1-5-7-16-14-13(6-2)15(18-10-17-14)21-12-8-19-20(9-12)11(3)4/h8-11H,5-7H2,1-4H3,(H,16,17,18). The van der Waals surface area contributed by atoms with Crippen LogP contribution in [0.5, 0.6) is 11.6 Å². The smallest absolute Gasteiger partial charge is 0.227 e. The lowest BCUT2D eigenvalue weighted by Gasteiger charge is -2.12. The molecule has 0 spiro atoms. The number of aromatic nitrogens is 4. The van der Waals surface area contributed by atoms with Crippen LogP contribution in [-0.4, -0.2) is 26.3 Å². The van der Waals surface area contributed by atoms with E-state index in [-0.39, 0.29) is 0 Å². The summed E-state index contributed by atoms with van der Waals surface area (Å²) in [5.41, 5.74) is 0.989. The van der Waals surface area contributed by atoms with Crippen molar-refractivity contribution >= 4 is 5.82 Å². The SMILES string of the molecule is CCCNc1ncnc(Oc2cnn(C(C)C)c2)c1CC. The molecule has 2 rings (SSSR count). The lowest BCUT2D eigenvalue weighted by atomic mass is 10.2. The molecule has 0 fully saturated rings. The highest BCUT2D eigenvalue weighted by molar-refractivity contribution is 5.49. The molecule has 0 aliphatic heterocycles. The van der Waals surface area contributed by atoms with Crippen LogP contribution >= 0.6 is 0 Å². The molecule has 0 unspecified atom stereocenters. The summed E-state index contributed by atoms with van der Waals surface area (Å²) < 4.78 is 7.74. The Labute approximate surface area is 125 Å². The second-order valence-corrected chi connectivity index (χ2v) is 5.14. The third-order valence-electron chi connectivity index (χ3n) is 3.12. The van der Waals surface area contributed by atoms with Crippen molar-refractivity contribution in [2.75, 3.05) is 11.9 Å². The van der Waals surface area contributed by atoms with Gasteiger partial charge in [-0.05, 0) is 26.7 Å². The highest BCUT2D eigenvalue weighted by Gasteiger charge is 2.13. The topological polar surface area (TPSA) is 64.9 Å². The van der Waals surface area contributed by atoms with Crippen LogP contribution < -0.4 is 10.1 Å². The van der Waals surface area contributed by atoms with Crippen LogP contribution in [-0.2, 0) is 6.42 Å². The van der Waals surface area contributed by atoms with Crippen LogP contribution in [0.4, 0.5) is 5.82 Å². The minimum atomic E-state index is 0.306. The minimum Gasteiger partial charge on any atom is -0.435 e. The number of hydrogen-bond acceptors (Lipinski definition) is 5. The maximum Gasteiger partial charge on any atom is 0.227 e. The van der Waals surface area contributed by atoms with E-state index in [0.29, 0.717) is 17.7 Å². The fourth-order valence-electron chi connectivity index (χ4n) is 1.97. The Balaban J connectivity index is 2.21. The number of nitrogens with zero attached hydrogens (tertiary/aromatic N) is 4. The Morgan fingerprint density at radius 1 is 1.29 bits per heavy atom. The van der Waals surface area contributed by atoms with Crippen LogP contribution in [0, 0.1) is 0 Å². The second kappa shape index (κ2) is 7.06. The Kier molecular flexibility index (Phi) is 5.14. The first kappa shape index (κ1) is 15.3. The molecule has 6 heteroatoms. The Hall–Kier alpha value is -2.11. The number of anilines is 1. The molecule has 0 aromatic carbocycles. The Morgan fingerprint density at radius 2 is 2.10 bits per heavy atom. The molecule has 2 heterocycles. The van der Waals surface area contributed by atoms with Crippen molar-refractivity contribution in [2.24, 2.45) is 0 Å². The van der Waals surface area contributed by atoms with Crippen molar-refractivity contribution < 1.29 is 4.74 Å². The van der Waals surface area contributed by atoms with Gasteiger partial charge in [0.15, 0.2) is 5.75 Å². The van der Waals surface area contributed by atoms with E-state index in [0.717, 1.165) is 30.8 Å². The van der Waals surface area contributed by atoms with Gasteiger partial charge >= 0.3 is 0 Å². The highest BCUT2D eigenvalue weighted by atomic mass is 16.5. The van der Waals surface area contributed by atoms with Gasteiger partial charge < -0.3 is 10.1 Å². The predicted molar refractivity (Wildman–Crippen MR) is 82.9 cm³/mol. The molecular weight excluding hydrogens is 266 g/mol. The molecule has 0 aliphatic carbocycles. The fraction of sp³-hybridized carbons (Fsp3) is 0.533. The molecule has 21 heavy (non-hydrogen) atoms. The molecule has 114 valence electrons. The Morgan fingerprint density at radius 3 is 2.71 bits per heavy atom. The van der Waals surface area contributed by atoms with Crippen molar-refractivity contribution in [3.8, 4) is 11.6 Å². The van der Waals surface area contributed by atoms with Gasteiger partial charge in [0, 0.05) is 12.6 Å². The zero-order valence-corrected chi connectivity index (χ0v) is 13.1. The first-order valence-electron chi connectivity index (χ1n) is 7.45. The zero-order chi connectivity index (χ0) is 15.2. The molecule has 0 amide bonds. The van der Waals surface area contributed by atoms with Crippen molar-refractivity contribution in [1.82, 2.24) is 19.7 Å². The van der Waals surface area contributed by atoms with E-state index in [9.17, 15) is 0 Å². The predicted octanol–water partition coefficient (Wildman–Crippen LogP) is 3.43. The van der Waals surface area contributed by atoms with Crippen LogP contribution in [0.2, 0.25) is 0 Å². The summed E-state index contributed by atoms with van der Waals surface area (Å²) in [4.78, 5) is 8.56. The molecule has 2 aromatic heterocycles. The second-order valence-electron chi connectivity index (χ2n) is 5.14. The van der Waals surface area contributed by atoms with Gasteiger partial charge in [-0.25, -0.2) is 9.97 Å². The normalized spacial score (nSPS) is 10.9. The van der Waals surface area contributed by atoms with Crippen LogP contribution in [0.15, 0.2) is 18.7 Å². The lowest BCUT2D eigenvalue weighted by molar-refractivity contribution is 0.452. The van der Waals surface area contributed by atoms with E-state index in [1.54, 1.807) is 6.20 Å². The van der Waals surface area contributed by atoms with E-state index in [1.807, 2.05) is 10.9 Å². The zero-order valence-electron chi connectivity index (χ0n) is 13.1. The molecule has 0 aliphatic rings. The average molecular weight is 289 g/mol. The minimum absolute atomic E-state index is 0.306. The quantitative estimate of drug-likeness (QED) is 0.846. The summed E-state index contributed by atoms with van der Waals surface area (Å²) in [6.07, 6.45) is 6.97. The fourth-order valence-corrected chi connectivity index (χ4v) is 1.97. The van der Waals surface area contributed by atoms with E-state index < -0.39 is 0 Å². The summed E-state index contributed by atoms with van der Waals surface area (Å²) in [7, 11) is 0. The summed E-state index contributed by atoms with van der Waals surface area (Å²) in [6, 6.07) is 0.306. The van der Waals surface area contributed by atoms with Crippen molar-refractivity contribution in [3.63, 3.8) is 0 Å². The number of ether oxygens (including phenoxy) is 1. The maximum absolute atomic E-state index is 5.88. The van der Waals surface area contributed by atoms with Gasteiger partial charge in [0.2, 0.25) is 5.88 Å². The molecule has 6 nitrogen and oxygen atoms in total. The van der Waals surface area contributed by atoms with E-state index in [4.69, 9.17) is 4.74 Å². The van der Waals surface area contributed by atoms with Gasteiger partial charge in [0.05, 0.1) is 18.0 Å². The Bertz CT molecular complexity index is 579. The van der Waals surface area contributed by atoms with Crippen molar-refractivity contribution in [1.29, 1.82) is 0 Å². The molecule has 1 N–H and O–H groups in total. The lowest BCUT2D eigenvalue weighted by Crippen LogP contribution is -2.07. The molecule has 0 atom stereocenters. The molecule has 2 aromatic rings. The molecule has 0 radical (unpaired) electrons. The van der Waals surface area contributed by atoms with Gasteiger partial charge in [-0.15, -0.1) is 0 Å². The number of hydrogen-bond donors (Lipinski definition) is 1. The van der Waals surface area contributed by atoms with E-state index in [1.165, 1.54) is 6.33 Å². The molecule has 0 saturated carbocycles. The highest BCUT2D eigenvalue weighted by Crippen LogP contribution is 2.27. The van der Waals surface area contributed by atoms with Crippen LogP contribution in [0.3, 0.4) is 0 Å². The van der Waals surface area contributed by atoms with Crippen molar-refractivity contribution in [3.05, 3.63) is 24.3 Å². The van der Waals surface area contributed by atoms with Gasteiger partial charge in [-0.2, -0.15) is 5.10 Å². The van der Waals surface area contributed by atoms with Gasteiger partial charge in [-0.3, -0.25) is 4.68 Å². The van der Waals surface area contributed by atoms with Gasteiger partial charge in [0.1, 0.15) is 12.1 Å². The van der Waals surface area contributed by atoms with Gasteiger partial charge in [0.25, 0.3) is 0 Å². The van der Waals surface area contributed by atoms with Crippen LogP contribution in [0.25, 0.3) is 0 Å². The van der Waals surface area contributed by atoms with Crippen molar-refractivity contribution in [2.45, 2.75) is 46.6 Å². The first-order valence-corrected chi connectivity index (χ1v) is 7.45. The summed E-state index contributed by atoms with van der Waals surface area (Å²) in [5, 5.41) is 7.58. The first-order chi connectivity index (χ1) is 10.2. The summed E-state index contributed by atoms with van der Waals surface area (Å²) in [5.74, 6) is 2.13. The van der Waals surface area contributed by atoms with Gasteiger partial charge in [-0.1, -0.05) is 13.8 Å². The third kappa shape index (κ3) is 3.71. The van der Waals surface area contributed by atoms with E-state index in [2.05, 4.69) is 48.1 Å². The largest absolute Gasteiger partial charge is 0.435 e. The average Bonchev–Trinajstić information content (AvgIpc) is 2.94.